The molecular formula is C13H20BrN3O. The largest absolute Gasteiger partial charge is 0.380 e. The third-order valence-electron chi connectivity index (χ3n) is 2.80. The fourth-order valence-electron chi connectivity index (χ4n) is 1.70. The number of amides is 1. The summed E-state index contributed by atoms with van der Waals surface area (Å²) < 4.78 is 0.828. The van der Waals surface area contributed by atoms with Crippen LogP contribution >= 0.6 is 15.9 Å². The molecule has 0 saturated heterocycles. The summed E-state index contributed by atoms with van der Waals surface area (Å²) in [5, 5.41) is 3.37. The lowest BCUT2D eigenvalue weighted by molar-refractivity contribution is 0.100. The fourth-order valence-corrected chi connectivity index (χ4v) is 2.20. The second-order valence-corrected chi connectivity index (χ2v) is 5.13. The Hall–Kier alpha value is -1.07. The highest BCUT2D eigenvalue weighted by molar-refractivity contribution is 9.10. The summed E-state index contributed by atoms with van der Waals surface area (Å²) in [4.78, 5) is 11.0. The number of carbonyl (C=O) groups is 1. The number of rotatable bonds is 7. The maximum absolute atomic E-state index is 11.0. The van der Waals surface area contributed by atoms with Crippen molar-refractivity contribution in [1.82, 2.24) is 0 Å². The number of hydrogen-bond acceptors (Lipinski definition) is 3. The molecule has 1 aromatic rings. The van der Waals surface area contributed by atoms with Crippen LogP contribution in [-0.2, 0) is 0 Å². The van der Waals surface area contributed by atoms with Gasteiger partial charge >= 0.3 is 0 Å². The van der Waals surface area contributed by atoms with E-state index in [2.05, 4.69) is 28.2 Å². The Morgan fingerprint density at radius 1 is 1.50 bits per heavy atom. The van der Waals surface area contributed by atoms with Crippen molar-refractivity contribution in [3.05, 3.63) is 28.2 Å². The number of primary amides is 1. The van der Waals surface area contributed by atoms with Gasteiger partial charge in [0.15, 0.2) is 0 Å². The van der Waals surface area contributed by atoms with Gasteiger partial charge in [-0.1, -0.05) is 19.8 Å². The molecule has 0 bridgehead atoms. The van der Waals surface area contributed by atoms with Crippen molar-refractivity contribution in [2.24, 2.45) is 11.5 Å². The first-order valence-corrected chi connectivity index (χ1v) is 6.93. The molecular weight excluding hydrogens is 294 g/mol. The first-order chi connectivity index (χ1) is 8.58. The van der Waals surface area contributed by atoms with Crippen molar-refractivity contribution in [2.45, 2.75) is 32.2 Å². The molecule has 1 rings (SSSR count). The van der Waals surface area contributed by atoms with Gasteiger partial charge in [0.2, 0.25) is 5.91 Å². The summed E-state index contributed by atoms with van der Waals surface area (Å²) in [6.07, 6.45) is 3.34. The van der Waals surface area contributed by atoms with Crippen molar-refractivity contribution < 1.29 is 4.79 Å². The first-order valence-electron chi connectivity index (χ1n) is 6.14. The van der Waals surface area contributed by atoms with Crippen LogP contribution in [-0.4, -0.2) is 18.5 Å². The Morgan fingerprint density at radius 2 is 2.22 bits per heavy atom. The average molecular weight is 314 g/mol. The number of nitrogens with two attached hydrogens (primary N) is 2. The van der Waals surface area contributed by atoms with Gasteiger partial charge in [-0.2, -0.15) is 0 Å². The average Bonchev–Trinajstić information content (AvgIpc) is 2.35. The van der Waals surface area contributed by atoms with Gasteiger partial charge in [-0.05, 0) is 40.5 Å². The highest BCUT2D eigenvalue weighted by atomic mass is 79.9. The van der Waals surface area contributed by atoms with Gasteiger partial charge in [0, 0.05) is 28.3 Å². The molecule has 4 nitrogen and oxygen atoms in total. The fraction of sp³-hybridized carbons (Fsp3) is 0.462. The van der Waals surface area contributed by atoms with Crippen LogP contribution in [0.4, 0.5) is 5.69 Å². The molecule has 1 aromatic carbocycles. The van der Waals surface area contributed by atoms with Crippen LogP contribution in [0.1, 0.15) is 36.5 Å². The van der Waals surface area contributed by atoms with Crippen LogP contribution in [0.5, 0.6) is 0 Å². The molecule has 5 N–H and O–H groups in total. The molecule has 0 aliphatic carbocycles. The van der Waals surface area contributed by atoms with Crippen molar-refractivity contribution in [3.63, 3.8) is 0 Å². The zero-order valence-electron chi connectivity index (χ0n) is 10.6. The Morgan fingerprint density at radius 3 is 2.72 bits per heavy atom. The van der Waals surface area contributed by atoms with E-state index in [-0.39, 0.29) is 6.04 Å². The molecule has 0 aliphatic rings. The van der Waals surface area contributed by atoms with E-state index in [0.29, 0.717) is 12.1 Å². The zero-order chi connectivity index (χ0) is 13.5. The highest BCUT2D eigenvalue weighted by Crippen LogP contribution is 2.24. The Bertz CT molecular complexity index is 409. The van der Waals surface area contributed by atoms with Gasteiger partial charge < -0.3 is 16.8 Å². The lowest BCUT2D eigenvalue weighted by atomic mass is 10.1. The minimum atomic E-state index is -0.427. The number of nitrogens with one attached hydrogen (secondary N) is 1. The molecule has 5 heteroatoms. The summed E-state index contributed by atoms with van der Waals surface area (Å²) in [7, 11) is 0. The summed E-state index contributed by atoms with van der Waals surface area (Å²) in [6.45, 7) is 2.75. The Labute approximate surface area is 116 Å². The SMILES string of the molecule is CCCCC(CN)Nc1ccc(C(N)=O)cc1Br. The van der Waals surface area contributed by atoms with Gasteiger partial charge in [-0.25, -0.2) is 0 Å². The third-order valence-corrected chi connectivity index (χ3v) is 3.46. The topological polar surface area (TPSA) is 81.1 Å². The van der Waals surface area contributed by atoms with Crippen molar-refractivity contribution in [3.8, 4) is 0 Å². The summed E-state index contributed by atoms with van der Waals surface area (Å²) in [6, 6.07) is 5.53. The predicted molar refractivity (Wildman–Crippen MR) is 78.7 cm³/mol. The van der Waals surface area contributed by atoms with Crippen LogP contribution in [0.3, 0.4) is 0 Å². The van der Waals surface area contributed by atoms with Gasteiger partial charge in [0.25, 0.3) is 0 Å². The van der Waals surface area contributed by atoms with Crippen molar-refractivity contribution >= 4 is 27.5 Å². The summed E-state index contributed by atoms with van der Waals surface area (Å²) in [5.41, 5.74) is 12.4. The molecule has 0 aliphatic heterocycles. The Kier molecular flexibility index (Phi) is 6.15. The van der Waals surface area contributed by atoms with Crippen LogP contribution in [0.25, 0.3) is 0 Å². The van der Waals surface area contributed by atoms with E-state index in [4.69, 9.17) is 11.5 Å². The van der Waals surface area contributed by atoms with Crippen LogP contribution in [0, 0.1) is 0 Å². The number of hydrogen-bond donors (Lipinski definition) is 3. The molecule has 100 valence electrons. The third kappa shape index (κ3) is 4.31. The molecule has 0 radical (unpaired) electrons. The van der Waals surface area contributed by atoms with E-state index in [1.807, 2.05) is 6.07 Å². The predicted octanol–water partition coefficient (Wildman–Crippen LogP) is 2.48. The molecule has 0 fully saturated rings. The van der Waals surface area contributed by atoms with Gasteiger partial charge in [-0.3, -0.25) is 4.79 Å². The number of unbranched alkanes of at least 4 members (excludes halogenated alkanes) is 1. The lowest BCUT2D eigenvalue weighted by Crippen LogP contribution is -2.28. The number of anilines is 1. The van der Waals surface area contributed by atoms with E-state index >= 15 is 0 Å². The van der Waals surface area contributed by atoms with Crippen LogP contribution < -0.4 is 16.8 Å². The van der Waals surface area contributed by atoms with Gasteiger partial charge in [0.05, 0.1) is 0 Å². The maximum Gasteiger partial charge on any atom is 0.248 e. The molecule has 0 spiro atoms. The molecule has 0 heterocycles. The summed E-state index contributed by atoms with van der Waals surface area (Å²) >= 11 is 3.43. The minimum Gasteiger partial charge on any atom is -0.380 e. The normalized spacial score (nSPS) is 12.2. The smallest absolute Gasteiger partial charge is 0.248 e. The molecule has 18 heavy (non-hydrogen) atoms. The first kappa shape index (κ1) is 15.0. The Balaban J connectivity index is 2.74. The zero-order valence-corrected chi connectivity index (χ0v) is 12.2. The molecule has 0 saturated carbocycles. The maximum atomic E-state index is 11.0. The van der Waals surface area contributed by atoms with Gasteiger partial charge in [-0.15, -0.1) is 0 Å². The second kappa shape index (κ2) is 7.38. The van der Waals surface area contributed by atoms with Crippen LogP contribution in [0.15, 0.2) is 22.7 Å². The van der Waals surface area contributed by atoms with Crippen molar-refractivity contribution in [2.75, 3.05) is 11.9 Å². The van der Waals surface area contributed by atoms with Gasteiger partial charge in [0.1, 0.15) is 0 Å². The molecule has 1 amide bonds. The molecule has 1 atom stereocenters. The van der Waals surface area contributed by atoms with E-state index < -0.39 is 5.91 Å². The monoisotopic (exact) mass is 313 g/mol. The highest BCUT2D eigenvalue weighted by Gasteiger charge is 2.09. The lowest BCUT2D eigenvalue weighted by Gasteiger charge is -2.19. The summed E-state index contributed by atoms with van der Waals surface area (Å²) in [5.74, 6) is -0.427. The molecule has 1 unspecified atom stereocenters. The van der Waals surface area contributed by atoms with E-state index in [1.165, 1.54) is 0 Å². The van der Waals surface area contributed by atoms with E-state index in [0.717, 1.165) is 29.4 Å². The molecule has 0 aromatic heterocycles. The minimum absolute atomic E-state index is 0.251. The van der Waals surface area contributed by atoms with E-state index in [9.17, 15) is 4.79 Å². The van der Waals surface area contributed by atoms with E-state index in [1.54, 1.807) is 12.1 Å². The number of benzene rings is 1. The number of halogens is 1. The number of carbonyl (C=O) groups excluding carboxylic acids is 1. The second-order valence-electron chi connectivity index (χ2n) is 4.28. The van der Waals surface area contributed by atoms with Crippen molar-refractivity contribution in [1.29, 1.82) is 0 Å². The quantitative estimate of drug-likeness (QED) is 0.723. The van der Waals surface area contributed by atoms with Crippen LogP contribution in [0.2, 0.25) is 0 Å². The standard InChI is InChI=1S/C13H20BrN3O/c1-2-3-4-10(8-15)17-12-6-5-9(13(16)18)7-11(12)14/h5-7,10,17H,2-4,8,15H2,1H3,(H2,16,18).